The molecule has 0 bridgehead atoms. The molecule has 2 N–H and O–H groups in total. The second kappa shape index (κ2) is 10.7. The number of hydrogen-bond donors (Lipinski definition) is 2. The van der Waals surface area contributed by atoms with Crippen LogP contribution in [-0.2, 0) is 9.59 Å². The molecule has 2 amide bonds. The molecule has 0 unspecified atom stereocenters. The molecule has 0 radical (unpaired) electrons. The molecule has 0 atom stereocenters. The van der Waals surface area contributed by atoms with Crippen molar-refractivity contribution in [2.24, 2.45) is 0 Å². The number of anilines is 2. The Morgan fingerprint density at radius 3 is 2.36 bits per heavy atom. The molecule has 0 aliphatic carbocycles. The number of para-hydroxylation sites is 1. The fraction of sp³-hybridized carbons (Fsp3) is 0.333. The lowest BCUT2D eigenvalue weighted by Gasteiger charge is -2.21. The number of benzene rings is 2. The standard InChI is InChI=1S/C21H26ClN3O3/c1-4-11-25(14-21(27)24-18-8-6-5-7-15(18)2)13-20(26)23-16-9-10-19(28-3)17(22)12-16/h5-10,12H,4,11,13-14H2,1-3H3,(H,23,26)(H,24,27). The normalized spacial score (nSPS) is 10.6. The van der Waals surface area contributed by atoms with Gasteiger partial charge in [0, 0.05) is 11.4 Å². The van der Waals surface area contributed by atoms with Crippen molar-refractivity contribution in [3.05, 3.63) is 53.1 Å². The van der Waals surface area contributed by atoms with Gasteiger partial charge in [0.2, 0.25) is 11.8 Å². The maximum atomic E-state index is 12.4. The summed E-state index contributed by atoms with van der Waals surface area (Å²) in [5.41, 5.74) is 2.35. The van der Waals surface area contributed by atoms with Crippen molar-refractivity contribution in [1.29, 1.82) is 0 Å². The molecule has 0 aliphatic rings. The molecule has 6 nitrogen and oxygen atoms in total. The lowest BCUT2D eigenvalue weighted by Crippen LogP contribution is -2.39. The van der Waals surface area contributed by atoms with Gasteiger partial charge in [-0.3, -0.25) is 14.5 Å². The molecule has 2 rings (SSSR count). The number of ether oxygens (including phenoxy) is 1. The third-order valence-corrected chi connectivity index (χ3v) is 4.42. The summed E-state index contributed by atoms with van der Waals surface area (Å²) in [4.78, 5) is 26.6. The van der Waals surface area contributed by atoms with E-state index in [1.54, 1.807) is 18.2 Å². The van der Waals surface area contributed by atoms with Crippen molar-refractivity contribution < 1.29 is 14.3 Å². The van der Waals surface area contributed by atoms with Crippen LogP contribution in [0.15, 0.2) is 42.5 Å². The summed E-state index contributed by atoms with van der Waals surface area (Å²) in [6, 6.07) is 12.6. The second-order valence-corrected chi connectivity index (χ2v) is 6.88. The summed E-state index contributed by atoms with van der Waals surface area (Å²) in [6.07, 6.45) is 0.833. The fourth-order valence-corrected chi connectivity index (χ4v) is 3.04. The van der Waals surface area contributed by atoms with Crippen LogP contribution >= 0.6 is 11.6 Å². The summed E-state index contributed by atoms with van der Waals surface area (Å²) in [7, 11) is 1.53. The van der Waals surface area contributed by atoms with Crippen LogP contribution in [0.25, 0.3) is 0 Å². The maximum absolute atomic E-state index is 12.4. The third-order valence-electron chi connectivity index (χ3n) is 4.13. The molecular weight excluding hydrogens is 378 g/mol. The summed E-state index contributed by atoms with van der Waals surface area (Å²) < 4.78 is 5.11. The highest BCUT2D eigenvalue weighted by molar-refractivity contribution is 6.32. The van der Waals surface area contributed by atoms with E-state index in [4.69, 9.17) is 16.3 Å². The minimum absolute atomic E-state index is 0.110. The van der Waals surface area contributed by atoms with Gasteiger partial charge >= 0.3 is 0 Å². The average Bonchev–Trinajstić information content (AvgIpc) is 2.64. The predicted molar refractivity (Wildman–Crippen MR) is 113 cm³/mol. The maximum Gasteiger partial charge on any atom is 0.238 e. The molecule has 0 aromatic heterocycles. The van der Waals surface area contributed by atoms with Crippen molar-refractivity contribution in [1.82, 2.24) is 4.90 Å². The van der Waals surface area contributed by atoms with Gasteiger partial charge in [-0.25, -0.2) is 0 Å². The smallest absolute Gasteiger partial charge is 0.238 e. The lowest BCUT2D eigenvalue weighted by molar-refractivity contribution is -0.120. The first-order valence-electron chi connectivity index (χ1n) is 9.14. The zero-order valence-electron chi connectivity index (χ0n) is 16.4. The Morgan fingerprint density at radius 2 is 1.75 bits per heavy atom. The molecule has 0 saturated carbocycles. The van der Waals surface area contributed by atoms with E-state index in [9.17, 15) is 9.59 Å². The number of nitrogens with one attached hydrogen (secondary N) is 2. The second-order valence-electron chi connectivity index (χ2n) is 6.47. The van der Waals surface area contributed by atoms with E-state index in [1.807, 2.05) is 43.0 Å². The Bertz CT molecular complexity index is 826. The molecule has 0 fully saturated rings. The van der Waals surface area contributed by atoms with E-state index in [-0.39, 0.29) is 24.9 Å². The summed E-state index contributed by atoms with van der Waals surface area (Å²) >= 11 is 6.09. The molecule has 7 heteroatoms. The van der Waals surface area contributed by atoms with Crippen LogP contribution in [0.1, 0.15) is 18.9 Å². The van der Waals surface area contributed by atoms with Crippen molar-refractivity contribution >= 4 is 34.8 Å². The van der Waals surface area contributed by atoms with Crippen molar-refractivity contribution in [3.63, 3.8) is 0 Å². The number of aryl methyl sites for hydroxylation is 1. The Balaban J connectivity index is 1.93. The Kier molecular flexibility index (Phi) is 8.29. The van der Waals surface area contributed by atoms with Crippen LogP contribution < -0.4 is 15.4 Å². The molecule has 0 saturated heterocycles. The first-order chi connectivity index (χ1) is 13.4. The molecule has 150 valence electrons. The molecule has 0 aliphatic heterocycles. The predicted octanol–water partition coefficient (Wildman–Crippen LogP) is 3.95. The van der Waals surface area contributed by atoms with Gasteiger partial charge in [0.25, 0.3) is 0 Å². The first-order valence-corrected chi connectivity index (χ1v) is 9.52. The highest BCUT2D eigenvalue weighted by atomic mass is 35.5. The number of rotatable bonds is 9. The summed E-state index contributed by atoms with van der Waals surface area (Å²) in [6.45, 7) is 4.83. The summed E-state index contributed by atoms with van der Waals surface area (Å²) in [5, 5.41) is 6.12. The van der Waals surface area contributed by atoms with Crippen LogP contribution in [0.3, 0.4) is 0 Å². The Morgan fingerprint density at radius 1 is 1.07 bits per heavy atom. The van der Waals surface area contributed by atoms with Crippen molar-refractivity contribution in [2.75, 3.05) is 37.4 Å². The SMILES string of the molecule is CCCN(CC(=O)Nc1ccc(OC)c(Cl)c1)CC(=O)Nc1ccccc1C. The fourth-order valence-electron chi connectivity index (χ4n) is 2.78. The summed E-state index contributed by atoms with van der Waals surface area (Å²) in [5.74, 6) is 0.182. The number of amides is 2. The Labute approximate surface area is 170 Å². The molecular formula is C21H26ClN3O3. The monoisotopic (exact) mass is 403 g/mol. The quantitative estimate of drug-likeness (QED) is 0.665. The van der Waals surface area contributed by atoms with Gasteiger partial charge in [-0.15, -0.1) is 0 Å². The van der Waals surface area contributed by atoms with Crippen molar-refractivity contribution in [2.45, 2.75) is 20.3 Å². The minimum atomic E-state index is -0.210. The zero-order chi connectivity index (χ0) is 20.5. The van der Waals surface area contributed by atoms with Crippen LogP contribution in [0, 0.1) is 6.92 Å². The first kappa shape index (κ1) is 21.7. The van der Waals surface area contributed by atoms with Crippen LogP contribution in [0.2, 0.25) is 5.02 Å². The van der Waals surface area contributed by atoms with Crippen LogP contribution in [-0.4, -0.2) is 43.5 Å². The van der Waals surface area contributed by atoms with Gasteiger partial charge in [-0.1, -0.05) is 36.7 Å². The molecule has 0 heterocycles. The molecule has 2 aromatic rings. The van der Waals surface area contributed by atoms with Gasteiger partial charge in [-0.05, 0) is 49.7 Å². The number of carbonyl (C=O) groups is 2. The minimum Gasteiger partial charge on any atom is -0.495 e. The van der Waals surface area contributed by atoms with E-state index in [0.717, 1.165) is 17.7 Å². The molecule has 0 spiro atoms. The van der Waals surface area contributed by atoms with E-state index in [0.29, 0.717) is 23.0 Å². The number of nitrogens with zero attached hydrogens (tertiary/aromatic N) is 1. The molecule has 28 heavy (non-hydrogen) atoms. The largest absolute Gasteiger partial charge is 0.495 e. The van der Waals surface area contributed by atoms with E-state index in [1.165, 1.54) is 7.11 Å². The average molecular weight is 404 g/mol. The van der Waals surface area contributed by atoms with Crippen LogP contribution in [0.5, 0.6) is 5.75 Å². The third kappa shape index (κ3) is 6.55. The molecule has 2 aromatic carbocycles. The number of hydrogen-bond acceptors (Lipinski definition) is 4. The number of methoxy groups -OCH3 is 1. The zero-order valence-corrected chi connectivity index (χ0v) is 17.2. The van der Waals surface area contributed by atoms with Gasteiger partial charge in [0.15, 0.2) is 0 Å². The topological polar surface area (TPSA) is 70.7 Å². The van der Waals surface area contributed by atoms with Crippen LogP contribution in [0.4, 0.5) is 11.4 Å². The highest BCUT2D eigenvalue weighted by Gasteiger charge is 2.15. The lowest BCUT2D eigenvalue weighted by atomic mass is 10.2. The van der Waals surface area contributed by atoms with Gasteiger partial charge in [-0.2, -0.15) is 0 Å². The van der Waals surface area contributed by atoms with Gasteiger partial charge in [0.05, 0.1) is 25.2 Å². The van der Waals surface area contributed by atoms with E-state index in [2.05, 4.69) is 10.6 Å². The van der Waals surface area contributed by atoms with Crippen molar-refractivity contribution in [3.8, 4) is 5.75 Å². The van der Waals surface area contributed by atoms with E-state index >= 15 is 0 Å². The Hall–Kier alpha value is -2.57. The highest BCUT2D eigenvalue weighted by Crippen LogP contribution is 2.27. The van der Waals surface area contributed by atoms with Gasteiger partial charge < -0.3 is 15.4 Å². The number of halogens is 1. The number of carbonyl (C=O) groups excluding carboxylic acids is 2. The van der Waals surface area contributed by atoms with E-state index < -0.39 is 0 Å². The van der Waals surface area contributed by atoms with Gasteiger partial charge in [0.1, 0.15) is 5.75 Å².